The second-order valence-corrected chi connectivity index (χ2v) is 7.65. The number of methoxy groups -OCH3 is 1. The smallest absolute Gasteiger partial charge is 0.337 e. The number of aliphatic hydroxyl groups is 1. The molecule has 0 aromatic heterocycles. The van der Waals surface area contributed by atoms with Gasteiger partial charge in [0, 0.05) is 45.8 Å². The standard InChI is InChI=1S/C21H31N3O5/c1-28-21(27)17-4-6-19(7-5-17)29-16-18(25)14-22-10-12-23(13-11-22)15-20(26)24-8-2-3-9-24/h4-7,18,25H,2-3,8-16H2,1H3. The summed E-state index contributed by atoms with van der Waals surface area (Å²) in [6, 6.07) is 6.65. The molecule has 0 bridgehead atoms. The summed E-state index contributed by atoms with van der Waals surface area (Å²) in [7, 11) is 1.34. The highest BCUT2D eigenvalue weighted by atomic mass is 16.5. The summed E-state index contributed by atoms with van der Waals surface area (Å²) < 4.78 is 10.3. The lowest BCUT2D eigenvalue weighted by Crippen LogP contribution is -2.51. The summed E-state index contributed by atoms with van der Waals surface area (Å²) in [6.07, 6.45) is 1.64. The summed E-state index contributed by atoms with van der Waals surface area (Å²) >= 11 is 0. The van der Waals surface area contributed by atoms with Crippen LogP contribution in [0.2, 0.25) is 0 Å². The lowest BCUT2D eigenvalue weighted by molar-refractivity contribution is -0.131. The second kappa shape index (κ2) is 10.6. The van der Waals surface area contributed by atoms with Gasteiger partial charge in [0.15, 0.2) is 0 Å². The van der Waals surface area contributed by atoms with E-state index in [1.807, 2.05) is 4.90 Å². The summed E-state index contributed by atoms with van der Waals surface area (Å²) in [5, 5.41) is 10.3. The Morgan fingerprint density at radius 2 is 1.62 bits per heavy atom. The Morgan fingerprint density at radius 3 is 2.24 bits per heavy atom. The van der Waals surface area contributed by atoms with Gasteiger partial charge in [-0.2, -0.15) is 0 Å². The monoisotopic (exact) mass is 405 g/mol. The average molecular weight is 405 g/mol. The highest BCUT2D eigenvalue weighted by Crippen LogP contribution is 2.14. The van der Waals surface area contributed by atoms with Crippen molar-refractivity contribution in [1.82, 2.24) is 14.7 Å². The second-order valence-electron chi connectivity index (χ2n) is 7.65. The molecule has 2 aliphatic rings. The van der Waals surface area contributed by atoms with Gasteiger partial charge in [-0.1, -0.05) is 0 Å². The van der Waals surface area contributed by atoms with E-state index in [1.165, 1.54) is 7.11 Å². The first-order valence-electron chi connectivity index (χ1n) is 10.3. The molecule has 1 atom stereocenters. The number of nitrogens with zero attached hydrogens (tertiary/aromatic N) is 3. The first-order valence-corrected chi connectivity index (χ1v) is 10.3. The van der Waals surface area contributed by atoms with E-state index in [0.29, 0.717) is 24.4 Å². The van der Waals surface area contributed by atoms with Crippen molar-refractivity contribution < 1.29 is 24.2 Å². The summed E-state index contributed by atoms with van der Waals surface area (Å²) in [6.45, 7) is 6.36. The fraction of sp³-hybridized carbons (Fsp3) is 0.619. The minimum absolute atomic E-state index is 0.186. The number of aliphatic hydroxyl groups excluding tert-OH is 1. The Bertz CT molecular complexity index is 667. The number of β-amino-alcohol motifs (C(OH)–C–C–N with tert-alkyl or cyclic N) is 1. The van der Waals surface area contributed by atoms with Gasteiger partial charge in [-0.15, -0.1) is 0 Å². The van der Waals surface area contributed by atoms with Crippen LogP contribution in [0, 0.1) is 0 Å². The zero-order chi connectivity index (χ0) is 20.6. The lowest BCUT2D eigenvalue weighted by atomic mass is 10.2. The molecule has 160 valence electrons. The molecule has 0 aliphatic carbocycles. The number of amides is 1. The van der Waals surface area contributed by atoms with Crippen molar-refractivity contribution in [3.8, 4) is 5.75 Å². The minimum Gasteiger partial charge on any atom is -0.491 e. The fourth-order valence-corrected chi connectivity index (χ4v) is 3.74. The number of ether oxygens (including phenoxy) is 2. The third kappa shape index (κ3) is 6.42. The van der Waals surface area contributed by atoms with Crippen molar-refractivity contribution in [3.63, 3.8) is 0 Å². The van der Waals surface area contributed by atoms with Crippen LogP contribution in [0.4, 0.5) is 0 Å². The zero-order valence-electron chi connectivity index (χ0n) is 17.1. The number of carbonyl (C=O) groups is 2. The maximum atomic E-state index is 12.3. The predicted molar refractivity (Wildman–Crippen MR) is 108 cm³/mol. The van der Waals surface area contributed by atoms with E-state index < -0.39 is 12.1 Å². The molecule has 2 aliphatic heterocycles. The Hall–Kier alpha value is -2.16. The number of hydrogen-bond acceptors (Lipinski definition) is 7. The Morgan fingerprint density at radius 1 is 1.00 bits per heavy atom. The maximum Gasteiger partial charge on any atom is 0.337 e. The third-order valence-electron chi connectivity index (χ3n) is 5.47. The quantitative estimate of drug-likeness (QED) is 0.629. The van der Waals surface area contributed by atoms with Crippen molar-refractivity contribution in [2.24, 2.45) is 0 Å². The largest absolute Gasteiger partial charge is 0.491 e. The highest BCUT2D eigenvalue weighted by molar-refractivity contribution is 5.89. The van der Waals surface area contributed by atoms with Crippen molar-refractivity contribution in [3.05, 3.63) is 29.8 Å². The number of hydrogen-bond donors (Lipinski definition) is 1. The summed E-state index contributed by atoms with van der Waals surface area (Å²) in [5.74, 6) is 0.447. The highest BCUT2D eigenvalue weighted by Gasteiger charge is 2.24. The van der Waals surface area contributed by atoms with Crippen LogP contribution in [0.25, 0.3) is 0 Å². The number of benzene rings is 1. The molecule has 1 unspecified atom stereocenters. The molecular formula is C21H31N3O5. The van der Waals surface area contributed by atoms with Crippen LogP contribution >= 0.6 is 0 Å². The first kappa shape index (κ1) is 21.5. The van der Waals surface area contributed by atoms with Gasteiger partial charge < -0.3 is 19.5 Å². The SMILES string of the molecule is COC(=O)c1ccc(OCC(O)CN2CCN(CC(=O)N3CCCC3)CC2)cc1. The van der Waals surface area contributed by atoms with E-state index in [4.69, 9.17) is 4.74 Å². The Kier molecular flexibility index (Phi) is 7.85. The van der Waals surface area contributed by atoms with Crippen LogP contribution in [0.15, 0.2) is 24.3 Å². The normalized spacial score (nSPS) is 19.2. The molecule has 8 heteroatoms. The van der Waals surface area contributed by atoms with Crippen LogP contribution in [-0.4, -0.2) is 104 Å². The van der Waals surface area contributed by atoms with Crippen molar-refractivity contribution in [2.45, 2.75) is 18.9 Å². The van der Waals surface area contributed by atoms with Gasteiger partial charge in [0.1, 0.15) is 18.5 Å². The van der Waals surface area contributed by atoms with E-state index in [1.54, 1.807) is 24.3 Å². The summed E-state index contributed by atoms with van der Waals surface area (Å²) in [5.41, 5.74) is 0.460. The number of piperazine rings is 1. The molecule has 8 nitrogen and oxygen atoms in total. The minimum atomic E-state index is -0.604. The predicted octanol–water partition coefficient (Wildman–Crippen LogP) is 0.453. The molecule has 1 aromatic carbocycles. The molecule has 1 aromatic rings. The molecule has 2 heterocycles. The van der Waals surface area contributed by atoms with E-state index in [0.717, 1.165) is 52.1 Å². The van der Waals surface area contributed by atoms with Gasteiger partial charge >= 0.3 is 5.97 Å². The van der Waals surface area contributed by atoms with Gasteiger partial charge in [0.2, 0.25) is 5.91 Å². The van der Waals surface area contributed by atoms with Crippen molar-refractivity contribution in [1.29, 1.82) is 0 Å². The van der Waals surface area contributed by atoms with Crippen molar-refractivity contribution >= 4 is 11.9 Å². The van der Waals surface area contributed by atoms with Gasteiger partial charge in [-0.3, -0.25) is 14.6 Å². The molecule has 29 heavy (non-hydrogen) atoms. The van der Waals surface area contributed by atoms with Gasteiger partial charge in [0.25, 0.3) is 0 Å². The Balaban J connectivity index is 1.33. The zero-order valence-corrected chi connectivity index (χ0v) is 17.1. The lowest BCUT2D eigenvalue weighted by Gasteiger charge is -2.35. The van der Waals surface area contributed by atoms with E-state index >= 15 is 0 Å². The third-order valence-corrected chi connectivity index (χ3v) is 5.47. The number of rotatable bonds is 8. The number of carbonyl (C=O) groups excluding carboxylic acids is 2. The fourth-order valence-electron chi connectivity index (χ4n) is 3.74. The molecule has 0 radical (unpaired) electrons. The first-order chi connectivity index (χ1) is 14.0. The molecule has 0 spiro atoms. The topological polar surface area (TPSA) is 82.5 Å². The van der Waals surface area contributed by atoms with Gasteiger partial charge in [-0.05, 0) is 37.1 Å². The van der Waals surface area contributed by atoms with Crippen LogP contribution in [-0.2, 0) is 9.53 Å². The molecule has 1 N–H and O–H groups in total. The Labute approximate surface area is 172 Å². The molecule has 2 saturated heterocycles. The van der Waals surface area contributed by atoms with Crippen LogP contribution < -0.4 is 4.74 Å². The van der Waals surface area contributed by atoms with E-state index in [2.05, 4.69) is 14.5 Å². The van der Waals surface area contributed by atoms with Crippen LogP contribution in [0.5, 0.6) is 5.75 Å². The van der Waals surface area contributed by atoms with E-state index in [-0.39, 0.29) is 12.5 Å². The van der Waals surface area contributed by atoms with Gasteiger partial charge in [-0.25, -0.2) is 4.79 Å². The molecule has 2 fully saturated rings. The van der Waals surface area contributed by atoms with Crippen LogP contribution in [0.1, 0.15) is 23.2 Å². The number of esters is 1. The number of likely N-dealkylation sites (tertiary alicyclic amines) is 1. The average Bonchev–Trinajstić information content (AvgIpc) is 3.28. The summed E-state index contributed by atoms with van der Waals surface area (Å²) in [4.78, 5) is 30.0. The molecule has 1 amide bonds. The molecule has 3 rings (SSSR count). The van der Waals surface area contributed by atoms with Crippen molar-refractivity contribution in [2.75, 3.05) is 66.1 Å². The molecule has 0 saturated carbocycles. The molecular weight excluding hydrogens is 374 g/mol. The van der Waals surface area contributed by atoms with E-state index in [9.17, 15) is 14.7 Å². The van der Waals surface area contributed by atoms with Crippen LogP contribution in [0.3, 0.4) is 0 Å². The maximum absolute atomic E-state index is 12.3. The van der Waals surface area contributed by atoms with Gasteiger partial charge in [0.05, 0.1) is 19.2 Å².